The topological polar surface area (TPSA) is 76.1 Å². The largest absolute Gasteiger partial charge is 0.491 e. The van der Waals surface area contributed by atoms with Gasteiger partial charge >= 0.3 is 0 Å². The lowest BCUT2D eigenvalue weighted by Gasteiger charge is -2.08. The highest BCUT2D eigenvalue weighted by atomic mass is 19.1. The number of anilines is 1. The Balaban J connectivity index is 1.98. The van der Waals surface area contributed by atoms with Crippen molar-refractivity contribution in [3.8, 4) is 5.75 Å². The van der Waals surface area contributed by atoms with Crippen LogP contribution in [0.5, 0.6) is 5.75 Å². The normalized spacial score (nSPS) is 10.1. The zero-order chi connectivity index (χ0) is 15.9. The summed E-state index contributed by atoms with van der Waals surface area (Å²) >= 11 is 0. The third kappa shape index (κ3) is 3.91. The Morgan fingerprint density at radius 3 is 2.68 bits per heavy atom. The number of carbonyl (C=O) groups is 1. The number of nitrogens with one attached hydrogen (secondary N) is 2. The molecule has 0 saturated heterocycles. The zero-order valence-corrected chi connectivity index (χ0v) is 12.4. The highest BCUT2D eigenvalue weighted by molar-refractivity contribution is 5.91. The molecule has 1 heterocycles. The fraction of sp³-hybridized carbons (Fsp3) is 0.267. The van der Waals surface area contributed by atoms with Crippen molar-refractivity contribution in [3.05, 3.63) is 47.4 Å². The maximum atomic E-state index is 13.7. The summed E-state index contributed by atoms with van der Waals surface area (Å²) in [5.74, 6) is 0.0396. The molecule has 1 amide bonds. The number of ether oxygens (including phenoxy) is 1. The van der Waals surface area contributed by atoms with Gasteiger partial charge in [0, 0.05) is 13.6 Å². The van der Waals surface area contributed by atoms with Crippen LogP contribution in [-0.2, 0) is 6.54 Å². The number of halogens is 1. The van der Waals surface area contributed by atoms with Crippen LogP contribution in [0.2, 0.25) is 0 Å². The predicted octanol–water partition coefficient (Wildman–Crippen LogP) is 1.99. The summed E-state index contributed by atoms with van der Waals surface area (Å²) < 4.78 is 18.9. The van der Waals surface area contributed by atoms with E-state index in [1.54, 1.807) is 31.2 Å². The summed E-state index contributed by atoms with van der Waals surface area (Å²) in [5.41, 5.74) is 0.985. The highest BCUT2D eigenvalue weighted by Crippen LogP contribution is 2.18. The van der Waals surface area contributed by atoms with E-state index in [1.165, 1.54) is 13.1 Å². The van der Waals surface area contributed by atoms with Crippen LogP contribution < -0.4 is 15.4 Å². The minimum absolute atomic E-state index is 0.236. The highest BCUT2D eigenvalue weighted by Gasteiger charge is 2.07. The molecular formula is C15H17FN4O2. The fourth-order valence-corrected chi connectivity index (χ4v) is 1.80. The standard InChI is InChI=1S/C15H17FN4O2/c1-3-22-13-6-4-10(8-11(13)16)9-18-14-7-5-12(19-20-14)15(21)17-2/h4-8H,3,9H2,1-2H3,(H,17,21)(H,18,20). The van der Waals surface area contributed by atoms with Crippen molar-refractivity contribution in [2.45, 2.75) is 13.5 Å². The minimum Gasteiger partial charge on any atom is -0.491 e. The molecular weight excluding hydrogens is 287 g/mol. The van der Waals surface area contributed by atoms with Crippen LogP contribution >= 0.6 is 0 Å². The SMILES string of the molecule is CCOc1ccc(CNc2ccc(C(=O)NC)nn2)cc1F. The van der Waals surface area contributed by atoms with Gasteiger partial charge in [0.2, 0.25) is 0 Å². The average molecular weight is 304 g/mol. The van der Waals surface area contributed by atoms with Crippen molar-refractivity contribution in [3.63, 3.8) is 0 Å². The molecule has 22 heavy (non-hydrogen) atoms. The summed E-state index contributed by atoms with van der Waals surface area (Å²) in [6, 6.07) is 7.98. The maximum Gasteiger partial charge on any atom is 0.271 e. The van der Waals surface area contributed by atoms with Gasteiger partial charge in [0.15, 0.2) is 17.3 Å². The van der Waals surface area contributed by atoms with Crippen molar-refractivity contribution in [1.82, 2.24) is 15.5 Å². The Bertz CT molecular complexity index is 646. The van der Waals surface area contributed by atoms with E-state index in [9.17, 15) is 9.18 Å². The second kappa shape index (κ2) is 7.35. The van der Waals surface area contributed by atoms with E-state index in [1.807, 2.05) is 0 Å². The molecule has 2 aromatic rings. The van der Waals surface area contributed by atoms with Crippen LogP contribution in [0.4, 0.5) is 10.2 Å². The summed E-state index contributed by atoms with van der Waals surface area (Å²) in [5, 5.41) is 13.2. The first-order valence-electron chi connectivity index (χ1n) is 6.85. The van der Waals surface area contributed by atoms with Crippen LogP contribution in [0, 0.1) is 5.82 Å². The van der Waals surface area contributed by atoms with Crippen molar-refractivity contribution < 1.29 is 13.9 Å². The molecule has 2 N–H and O–H groups in total. The van der Waals surface area contributed by atoms with E-state index in [2.05, 4.69) is 20.8 Å². The van der Waals surface area contributed by atoms with E-state index >= 15 is 0 Å². The lowest BCUT2D eigenvalue weighted by atomic mass is 10.2. The molecule has 0 fully saturated rings. The monoisotopic (exact) mass is 304 g/mol. The van der Waals surface area contributed by atoms with Crippen molar-refractivity contribution in [1.29, 1.82) is 0 Å². The molecule has 116 valence electrons. The molecule has 0 atom stereocenters. The Morgan fingerprint density at radius 2 is 2.09 bits per heavy atom. The van der Waals surface area contributed by atoms with Gasteiger partial charge in [-0.1, -0.05) is 6.07 Å². The molecule has 0 unspecified atom stereocenters. The lowest BCUT2D eigenvalue weighted by Crippen LogP contribution is -2.19. The number of nitrogens with zero attached hydrogens (tertiary/aromatic N) is 2. The molecule has 0 aliphatic carbocycles. The van der Waals surface area contributed by atoms with Crippen LogP contribution in [0.1, 0.15) is 23.0 Å². The molecule has 0 spiro atoms. The van der Waals surface area contributed by atoms with E-state index < -0.39 is 5.82 Å². The Hall–Kier alpha value is -2.70. The first-order chi connectivity index (χ1) is 10.6. The van der Waals surface area contributed by atoms with E-state index in [-0.39, 0.29) is 17.4 Å². The number of benzene rings is 1. The van der Waals surface area contributed by atoms with Crippen LogP contribution in [0.15, 0.2) is 30.3 Å². The van der Waals surface area contributed by atoms with Crippen LogP contribution in [-0.4, -0.2) is 29.8 Å². The molecule has 2 rings (SSSR count). The van der Waals surface area contributed by atoms with Crippen molar-refractivity contribution in [2.24, 2.45) is 0 Å². The number of amides is 1. The Labute approximate surface area is 127 Å². The molecule has 7 heteroatoms. The van der Waals surface area contributed by atoms with E-state index in [0.29, 0.717) is 19.0 Å². The molecule has 0 saturated carbocycles. The average Bonchev–Trinajstić information content (AvgIpc) is 2.55. The number of aromatic nitrogens is 2. The van der Waals surface area contributed by atoms with Crippen molar-refractivity contribution >= 4 is 11.7 Å². The van der Waals surface area contributed by atoms with Gasteiger partial charge in [-0.2, -0.15) is 0 Å². The molecule has 6 nitrogen and oxygen atoms in total. The number of hydrogen-bond acceptors (Lipinski definition) is 5. The predicted molar refractivity (Wildman–Crippen MR) is 80.3 cm³/mol. The molecule has 0 aliphatic rings. The third-order valence-corrected chi connectivity index (χ3v) is 2.89. The van der Waals surface area contributed by atoms with E-state index in [0.717, 1.165) is 5.56 Å². The third-order valence-electron chi connectivity index (χ3n) is 2.89. The summed E-state index contributed by atoms with van der Waals surface area (Å²) in [6.45, 7) is 2.61. The lowest BCUT2D eigenvalue weighted by molar-refractivity contribution is 0.0957. The van der Waals surface area contributed by atoms with Gasteiger partial charge in [-0.15, -0.1) is 10.2 Å². The number of rotatable bonds is 6. The minimum atomic E-state index is -0.401. The van der Waals surface area contributed by atoms with Crippen LogP contribution in [0.25, 0.3) is 0 Å². The van der Waals surface area contributed by atoms with Gasteiger partial charge < -0.3 is 15.4 Å². The molecule has 0 bridgehead atoms. The van der Waals surface area contributed by atoms with Gasteiger partial charge in [-0.25, -0.2) is 4.39 Å². The molecule has 0 radical (unpaired) electrons. The van der Waals surface area contributed by atoms with Crippen LogP contribution in [0.3, 0.4) is 0 Å². The quantitative estimate of drug-likeness (QED) is 0.853. The van der Waals surface area contributed by atoms with Gasteiger partial charge in [0.1, 0.15) is 5.82 Å². The zero-order valence-electron chi connectivity index (χ0n) is 12.4. The van der Waals surface area contributed by atoms with Gasteiger partial charge in [0.05, 0.1) is 6.61 Å². The van der Waals surface area contributed by atoms with Gasteiger partial charge in [-0.05, 0) is 36.8 Å². The first kappa shape index (κ1) is 15.7. The molecule has 0 aliphatic heterocycles. The smallest absolute Gasteiger partial charge is 0.271 e. The summed E-state index contributed by atoms with van der Waals surface area (Å²) in [4.78, 5) is 11.3. The van der Waals surface area contributed by atoms with Gasteiger partial charge in [0.25, 0.3) is 5.91 Å². The van der Waals surface area contributed by atoms with Crippen molar-refractivity contribution in [2.75, 3.05) is 19.0 Å². The molecule has 1 aromatic heterocycles. The Kier molecular flexibility index (Phi) is 5.24. The number of hydrogen-bond donors (Lipinski definition) is 2. The van der Waals surface area contributed by atoms with Gasteiger partial charge in [-0.3, -0.25) is 4.79 Å². The fourth-order valence-electron chi connectivity index (χ4n) is 1.80. The number of carbonyl (C=O) groups excluding carboxylic acids is 1. The molecule has 1 aromatic carbocycles. The second-order valence-corrected chi connectivity index (χ2v) is 4.43. The summed E-state index contributed by atoms with van der Waals surface area (Å²) in [7, 11) is 1.52. The Morgan fingerprint density at radius 1 is 1.27 bits per heavy atom. The maximum absolute atomic E-state index is 13.7. The first-order valence-corrected chi connectivity index (χ1v) is 6.85. The van der Waals surface area contributed by atoms with E-state index in [4.69, 9.17) is 4.74 Å². The summed E-state index contributed by atoms with van der Waals surface area (Å²) in [6.07, 6.45) is 0. The second-order valence-electron chi connectivity index (χ2n) is 4.43.